The fourth-order valence-electron chi connectivity index (χ4n) is 3.08. The predicted molar refractivity (Wildman–Crippen MR) is 105 cm³/mol. The molecule has 0 radical (unpaired) electrons. The maximum absolute atomic E-state index is 12.9. The lowest BCUT2D eigenvalue weighted by Gasteiger charge is -2.26. The van der Waals surface area contributed by atoms with Crippen LogP contribution in [0.2, 0.25) is 0 Å². The molecule has 1 N–H and O–H groups in total. The normalized spacial score (nSPS) is 15.5. The Hall–Kier alpha value is -2.23. The van der Waals surface area contributed by atoms with E-state index < -0.39 is 10.0 Å². The summed E-state index contributed by atoms with van der Waals surface area (Å²) in [5.74, 6) is -0.282. The number of nitrogens with zero attached hydrogens (tertiary/aromatic N) is 3. The summed E-state index contributed by atoms with van der Waals surface area (Å²) in [7, 11) is -3.65. The van der Waals surface area contributed by atoms with E-state index in [4.69, 9.17) is 4.74 Å². The highest BCUT2D eigenvalue weighted by Gasteiger charge is 2.28. The molecule has 0 bridgehead atoms. The molecule has 8 nitrogen and oxygen atoms in total. The van der Waals surface area contributed by atoms with E-state index in [1.165, 1.54) is 10.4 Å². The Bertz CT molecular complexity index is 933. The highest BCUT2D eigenvalue weighted by atomic mass is 32.2. The molecule has 1 aromatic heterocycles. The van der Waals surface area contributed by atoms with Gasteiger partial charge in [-0.2, -0.15) is 9.40 Å². The number of rotatable bonds is 7. The zero-order chi connectivity index (χ0) is 20.1. The Labute approximate surface area is 165 Å². The van der Waals surface area contributed by atoms with E-state index in [0.717, 1.165) is 12.0 Å². The minimum atomic E-state index is -3.65. The maximum atomic E-state index is 12.9. The van der Waals surface area contributed by atoms with Gasteiger partial charge in [0.1, 0.15) is 0 Å². The van der Waals surface area contributed by atoms with Crippen LogP contribution < -0.4 is 5.32 Å². The number of amides is 1. The lowest BCUT2D eigenvalue weighted by atomic mass is 10.1. The highest BCUT2D eigenvalue weighted by molar-refractivity contribution is 7.89. The zero-order valence-corrected chi connectivity index (χ0v) is 17.0. The summed E-state index contributed by atoms with van der Waals surface area (Å²) >= 11 is 0. The van der Waals surface area contributed by atoms with Crippen molar-refractivity contribution in [3.63, 3.8) is 0 Å². The number of carbonyl (C=O) groups is 1. The fourth-order valence-corrected chi connectivity index (χ4v) is 4.74. The predicted octanol–water partition coefficient (Wildman–Crippen LogP) is 1.34. The molecular weight excluding hydrogens is 380 g/mol. The van der Waals surface area contributed by atoms with Gasteiger partial charge in [-0.05, 0) is 43.5 Å². The Morgan fingerprint density at radius 2 is 2.00 bits per heavy atom. The second kappa shape index (κ2) is 8.85. The number of aromatic nitrogens is 2. The SMILES string of the molecule is Cc1cnn(CCCNC(=O)c2ccc(C)c(S(=O)(=O)N3CCOCC3)c2)c1. The summed E-state index contributed by atoms with van der Waals surface area (Å²) in [6.45, 7) is 6.32. The Balaban J connectivity index is 1.63. The first-order valence-corrected chi connectivity index (χ1v) is 10.8. The molecule has 3 rings (SSSR count). The number of morpholine rings is 1. The van der Waals surface area contributed by atoms with Crippen LogP contribution in [0.4, 0.5) is 0 Å². The van der Waals surface area contributed by atoms with Crippen LogP contribution in [0.1, 0.15) is 27.9 Å². The van der Waals surface area contributed by atoms with Crippen LogP contribution in [0, 0.1) is 13.8 Å². The molecular formula is C19H26N4O4S. The first-order valence-electron chi connectivity index (χ1n) is 9.34. The lowest BCUT2D eigenvalue weighted by Crippen LogP contribution is -2.41. The molecule has 0 spiro atoms. The molecule has 1 aliphatic rings. The van der Waals surface area contributed by atoms with E-state index in [1.54, 1.807) is 25.3 Å². The third kappa shape index (κ3) is 4.78. The van der Waals surface area contributed by atoms with Gasteiger partial charge in [0.25, 0.3) is 5.91 Å². The molecule has 28 heavy (non-hydrogen) atoms. The third-order valence-corrected chi connectivity index (χ3v) is 6.69. The number of hydrogen-bond donors (Lipinski definition) is 1. The summed E-state index contributed by atoms with van der Waals surface area (Å²) < 4.78 is 34.3. The fraction of sp³-hybridized carbons (Fsp3) is 0.474. The van der Waals surface area contributed by atoms with Gasteiger partial charge in [-0.15, -0.1) is 0 Å². The van der Waals surface area contributed by atoms with Gasteiger partial charge in [-0.25, -0.2) is 8.42 Å². The molecule has 0 atom stereocenters. The molecule has 152 valence electrons. The molecule has 2 aromatic rings. The zero-order valence-electron chi connectivity index (χ0n) is 16.2. The highest BCUT2D eigenvalue weighted by Crippen LogP contribution is 2.22. The molecule has 1 amide bonds. The molecule has 1 aromatic carbocycles. The van der Waals surface area contributed by atoms with Crippen molar-refractivity contribution in [2.45, 2.75) is 31.7 Å². The van der Waals surface area contributed by atoms with Crippen LogP contribution in [0.15, 0.2) is 35.5 Å². The topological polar surface area (TPSA) is 93.5 Å². The summed E-state index contributed by atoms with van der Waals surface area (Å²) in [5.41, 5.74) is 2.06. The van der Waals surface area contributed by atoms with Crippen molar-refractivity contribution in [1.82, 2.24) is 19.4 Å². The van der Waals surface area contributed by atoms with Crippen LogP contribution >= 0.6 is 0 Å². The van der Waals surface area contributed by atoms with Gasteiger partial charge in [0, 0.05) is 37.9 Å². The van der Waals surface area contributed by atoms with Gasteiger partial charge in [-0.3, -0.25) is 9.48 Å². The third-order valence-electron chi connectivity index (χ3n) is 4.65. The van der Waals surface area contributed by atoms with Crippen LogP contribution in [0.25, 0.3) is 0 Å². The molecule has 2 heterocycles. The van der Waals surface area contributed by atoms with E-state index >= 15 is 0 Å². The van der Waals surface area contributed by atoms with Gasteiger partial charge >= 0.3 is 0 Å². The second-order valence-electron chi connectivity index (χ2n) is 6.89. The number of ether oxygens (including phenoxy) is 1. The maximum Gasteiger partial charge on any atom is 0.251 e. The number of hydrogen-bond acceptors (Lipinski definition) is 5. The number of aryl methyl sites for hydroxylation is 3. The van der Waals surface area contributed by atoms with Gasteiger partial charge in [-0.1, -0.05) is 6.07 Å². The average Bonchev–Trinajstić information content (AvgIpc) is 3.11. The van der Waals surface area contributed by atoms with Crippen LogP contribution in [0.3, 0.4) is 0 Å². The minimum absolute atomic E-state index is 0.175. The van der Waals surface area contributed by atoms with E-state index in [9.17, 15) is 13.2 Å². The van der Waals surface area contributed by atoms with Crippen molar-refractivity contribution in [2.75, 3.05) is 32.8 Å². The Morgan fingerprint density at radius 1 is 1.25 bits per heavy atom. The molecule has 1 fully saturated rings. The van der Waals surface area contributed by atoms with E-state index in [1.807, 2.05) is 17.8 Å². The quantitative estimate of drug-likeness (QED) is 0.701. The number of carbonyl (C=O) groups excluding carboxylic acids is 1. The van der Waals surface area contributed by atoms with E-state index in [2.05, 4.69) is 10.4 Å². The van der Waals surface area contributed by atoms with Gasteiger partial charge in [0.15, 0.2) is 0 Å². The largest absolute Gasteiger partial charge is 0.379 e. The summed E-state index contributed by atoms with van der Waals surface area (Å²) in [6, 6.07) is 4.79. The van der Waals surface area contributed by atoms with Gasteiger partial charge in [0.2, 0.25) is 10.0 Å². The van der Waals surface area contributed by atoms with Crippen molar-refractivity contribution in [1.29, 1.82) is 0 Å². The van der Waals surface area contributed by atoms with Crippen molar-refractivity contribution < 1.29 is 17.9 Å². The first-order chi connectivity index (χ1) is 13.4. The van der Waals surface area contributed by atoms with Gasteiger partial charge < -0.3 is 10.1 Å². The number of sulfonamides is 1. The van der Waals surface area contributed by atoms with Crippen molar-refractivity contribution >= 4 is 15.9 Å². The monoisotopic (exact) mass is 406 g/mol. The first kappa shape index (κ1) is 20.5. The Morgan fingerprint density at radius 3 is 2.68 bits per heavy atom. The van der Waals surface area contributed by atoms with Crippen LogP contribution in [0.5, 0.6) is 0 Å². The molecule has 9 heteroatoms. The second-order valence-corrected chi connectivity index (χ2v) is 8.79. The molecule has 1 aliphatic heterocycles. The van der Waals surface area contributed by atoms with E-state index in [-0.39, 0.29) is 10.8 Å². The minimum Gasteiger partial charge on any atom is -0.379 e. The molecule has 0 saturated carbocycles. The van der Waals surface area contributed by atoms with Crippen LogP contribution in [-0.4, -0.2) is 61.3 Å². The van der Waals surface area contributed by atoms with E-state index in [0.29, 0.717) is 50.5 Å². The number of nitrogens with one attached hydrogen (secondary N) is 1. The van der Waals surface area contributed by atoms with Gasteiger partial charge in [0.05, 0.1) is 24.3 Å². The molecule has 0 unspecified atom stereocenters. The molecule has 0 aliphatic carbocycles. The Kier molecular flexibility index (Phi) is 6.48. The van der Waals surface area contributed by atoms with Crippen LogP contribution in [-0.2, 0) is 21.3 Å². The molecule has 1 saturated heterocycles. The summed E-state index contributed by atoms with van der Waals surface area (Å²) in [4.78, 5) is 12.6. The smallest absolute Gasteiger partial charge is 0.251 e. The summed E-state index contributed by atoms with van der Waals surface area (Å²) in [5, 5.41) is 7.05. The standard InChI is InChI=1S/C19H26N4O4S/c1-15-13-21-22(14-15)7-3-6-20-19(24)17-5-4-16(2)18(12-17)28(25,26)23-8-10-27-11-9-23/h4-5,12-14H,3,6-11H2,1-2H3,(H,20,24). The summed E-state index contributed by atoms with van der Waals surface area (Å²) in [6.07, 6.45) is 4.48. The van der Waals surface area contributed by atoms with Crippen molar-refractivity contribution in [3.05, 3.63) is 47.3 Å². The number of benzene rings is 1. The average molecular weight is 407 g/mol. The van der Waals surface area contributed by atoms with Crippen molar-refractivity contribution in [2.24, 2.45) is 0 Å². The lowest BCUT2D eigenvalue weighted by molar-refractivity contribution is 0.0730. The van der Waals surface area contributed by atoms with Crippen molar-refractivity contribution in [3.8, 4) is 0 Å².